The van der Waals surface area contributed by atoms with Gasteiger partial charge >= 0.3 is 5.97 Å². The standard InChI is InChI=1S/C9H10O4.C7H16O2/c1-12-7-5-3-4-6(9(10)11)8(7)13-2;1-3-6(8)5-7(9)4-2/h3-5H,1-2H3,(H,10,11);6-9H,3-5H2,1-2H3. The van der Waals surface area contributed by atoms with Gasteiger partial charge in [0.15, 0.2) is 11.5 Å². The van der Waals surface area contributed by atoms with Crippen molar-refractivity contribution >= 4 is 5.97 Å². The van der Waals surface area contributed by atoms with Crippen LogP contribution in [0.3, 0.4) is 0 Å². The molecule has 2 unspecified atom stereocenters. The number of aliphatic hydroxyl groups excluding tert-OH is 2. The third-order valence-electron chi connectivity index (χ3n) is 3.12. The predicted octanol–water partition coefficient (Wildman–Crippen LogP) is 2.32. The molecule has 0 aromatic heterocycles. The van der Waals surface area contributed by atoms with Crippen LogP contribution in [-0.2, 0) is 0 Å². The minimum Gasteiger partial charge on any atom is -0.493 e. The Morgan fingerprint density at radius 3 is 2.00 bits per heavy atom. The molecule has 0 heterocycles. The van der Waals surface area contributed by atoms with Crippen LogP contribution < -0.4 is 9.47 Å². The van der Waals surface area contributed by atoms with Gasteiger partial charge in [0.25, 0.3) is 0 Å². The largest absolute Gasteiger partial charge is 0.493 e. The quantitative estimate of drug-likeness (QED) is 0.715. The lowest BCUT2D eigenvalue weighted by Gasteiger charge is -2.11. The molecule has 0 spiro atoms. The van der Waals surface area contributed by atoms with E-state index in [0.717, 1.165) is 12.8 Å². The molecule has 1 aromatic carbocycles. The third-order valence-corrected chi connectivity index (χ3v) is 3.12. The average Bonchev–Trinajstić information content (AvgIpc) is 2.53. The van der Waals surface area contributed by atoms with Gasteiger partial charge in [-0.2, -0.15) is 0 Å². The van der Waals surface area contributed by atoms with Crippen LogP contribution >= 0.6 is 0 Å². The topological polar surface area (TPSA) is 96.2 Å². The molecule has 2 atom stereocenters. The van der Waals surface area contributed by atoms with Crippen LogP contribution in [0.25, 0.3) is 0 Å². The zero-order valence-corrected chi connectivity index (χ0v) is 13.6. The highest BCUT2D eigenvalue weighted by Crippen LogP contribution is 2.30. The summed E-state index contributed by atoms with van der Waals surface area (Å²) in [5, 5.41) is 26.8. The second kappa shape index (κ2) is 10.9. The molecule has 126 valence electrons. The summed E-state index contributed by atoms with van der Waals surface area (Å²) < 4.78 is 9.86. The molecule has 3 N–H and O–H groups in total. The number of methoxy groups -OCH3 is 2. The number of hydrogen-bond donors (Lipinski definition) is 3. The first-order valence-corrected chi connectivity index (χ1v) is 7.21. The summed E-state index contributed by atoms with van der Waals surface area (Å²) in [6, 6.07) is 4.71. The van der Waals surface area contributed by atoms with Crippen molar-refractivity contribution in [2.24, 2.45) is 0 Å². The first kappa shape index (κ1) is 20.2. The molecule has 0 aliphatic heterocycles. The van der Waals surface area contributed by atoms with Gasteiger partial charge in [-0.05, 0) is 31.4 Å². The van der Waals surface area contributed by atoms with Gasteiger partial charge in [-0.1, -0.05) is 19.9 Å². The minimum atomic E-state index is -1.03. The van der Waals surface area contributed by atoms with Gasteiger partial charge in [0.05, 0.1) is 26.4 Å². The highest BCUT2D eigenvalue weighted by Gasteiger charge is 2.14. The number of carboxylic acids is 1. The summed E-state index contributed by atoms with van der Waals surface area (Å²) >= 11 is 0. The number of benzene rings is 1. The molecule has 6 heteroatoms. The Balaban J connectivity index is 0.000000433. The summed E-state index contributed by atoms with van der Waals surface area (Å²) in [7, 11) is 2.87. The Bertz CT molecular complexity index is 438. The number of carboxylic acid groups (broad SMARTS) is 1. The molecule has 0 amide bonds. The molecule has 6 nitrogen and oxygen atoms in total. The summed E-state index contributed by atoms with van der Waals surface area (Å²) in [5.74, 6) is -0.365. The highest BCUT2D eigenvalue weighted by atomic mass is 16.5. The fourth-order valence-electron chi connectivity index (χ4n) is 1.70. The van der Waals surface area contributed by atoms with E-state index >= 15 is 0 Å². The van der Waals surface area contributed by atoms with Crippen molar-refractivity contribution < 1.29 is 29.6 Å². The Hall–Kier alpha value is -1.79. The Morgan fingerprint density at radius 2 is 1.64 bits per heavy atom. The molecule has 0 saturated heterocycles. The molecule has 0 saturated carbocycles. The lowest BCUT2D eigenvalue weighted by Crippen LogP contribution is -2.15. The van der Waals surface area contributed by atoms with Gasteiger partial charge in [0.1, 0.15) is 5.56 Å². The van der Waals surface area contributed by atoms with Crippen LogP contribution in [0.4, 0.5) is 0 Å². The van der Waals surface area contributed by atoms with E-state index in [2.05, 4.69) is 0 Å². The summed E-state index contributed by atoms with van der Waals surface area (Å²) in [4.78, 5) is 10.7. The molecular weight excluding hydrogens is 288 g/mol. The van der Waals surface area contributed by atoms with E-state index in [0.29, 0.717) is 12.2 Å². The number of aliphatic hydroxyl groups is 2. The van der Waals surface area contributed by atoms with E-state index in [9.17, 15) is 4.79 Å². The Labute approximate surface area is 131 Å². The maximum Gasteiger partial charge on any atom is 0.339 e. The van der Waals surface area contributed by atoms with E-state index in [1.165, 1.54) is 20.3 Å². The van der Waals surface area contributed by atoms with Crippen molar-refractivity contribution in [3.63, 3.8) is 0 Å². The average molecular weight is 314 g/mol. The Morgan fingerprint density at radius 1 is 1.09 bits per heavy atom. The number of carbonyl (C=O) groups is 1. The Kier molecular flexibility index (Phi) is 9.98. The van der Waals surface area contributed by atoms with Gasteiger partial charge in [-0.25, -0.2) is 4.79 Å². The van der Waals surface area contributed by atoms with Crippen molar-refractivity contribution in [2.45, 2.75) is 45.3 Å². The van der Waals surface area contributed by atoms with Gasteiger partial charge in [0, 0.05) is 0 Å². The minimum absolute atomic E-state index is 0.0989. The number of ether oxygens (including phenoxy) is 2. The fraction of sp³-hybridized carbons (Fsp3) is 0.562. The van der Waals surface area contributed by atoms with Crippen molar-refractivity contribution in [1.82, 2.24) is 0 Å². The molecular formula is C16H26O6. The second-order valence-corrected chi connectivity index (χ2v) is 4.71. The monoisotopic (exact) mass is 314 g/mol. The zero-order chi connectivity index (χ0) is 17.1. The zero-order valence-electron chi connectivity index (χ0n) is 13.6. The molecule has 1 rings (SSSR count). The van der Waals surface area contributed by atoms with Gasteiger partial charge in [-0.3, -0.25) is 0 Å². The van der Waals surface area contributed by atoms with Crippen LogP contribution in [0.5, 0.6) is 11.5 Å². The van der Waals surface area contributed by atoms with Crippen LogP contribution in [0.1, 0.15) is 43.5 Å². The molecule has 0 radical (unpaired) electrons. The van der Waals surface area contributed by atoms with Crippen molar-refractivity contribution in [1.29, 1.82) is 0 Å². The molecule has 0 bridgehead atoms. The van der Waals surface area contributed by atoms with E-state index in [-0.39, 0.29) is 23.5 Å². The smallest absolute Gasteiger partial charge is 0.339 e. The summed E-state index contributed by atoms with van der Waals surface area (Å²) in [6.07, 6.45) is 1.35. The van der Waals surface area contributed by atoms with Crippen molar-refractivity contribution in [3.05, 3.63) is 23.8 Å². The van der Waals surface area contributed by atoms with Crippen LogP contribution in [0.2, 0.25) is 0 Å². The number of hydrogen-bond acceptors (Lipinski definition) is 5. The highest BCUT2D eigenvalue weighted by molar-refractivity contribution is 5.91. The third kappa shape index (κ3) is 6.78. The second-order valence-electron chi connectivity index (χ2n) is 4.71. The van der Waals surface area contributed by atoms with Gasteiger partial charge in [0.2, 0.25) is 0 Å². The van der Waals surface area contributed by atoms with Crippen LogP contribution in [0.15, 0.2) is 18.2 Å². The SMILES string of the molecule is CCC(O)CC(O)CC.COc1cccc(C(=O)O)c1OC. The maximum absolute atomic E-state index is 10.7. The lowest BCUT2D eigenvalue weighted by molar-refractivity contribution is 0.0691. The van der Waals surface area contributed by atoms with Crippen LogP contribution in [-0.4, -0.2) is 47.7 Å². The van der Waals surface area contributed by atoms with E-state index in [1.54, 1.807) is 12.1 Å². The predicted molar refractivity (Wildman–Crippen MR) is 83.7 cm³/mol. The molecule has 1 aromatic rings. The molecule has 22 heavy (non-hydrogen) atoms. The number of aromatic carboxylic acids is 1. The lowest BCUT2D eigenvalue weighted by atomic mass is 10.1. The summed E-state index contributed by atoms with van der Waals surface area (Å²) in [6.45, 7) is 3.82. The van der Waals surface area contributed by atoms with Crippen molar-refractivity contribution in [3.8, 4) is 11.5 Å². The van der Waals surface area contributed by atoms with Gasteiger partial charge in [-0.15, -0.1) is 0 Å². The van der Waals surface area contributed by atoms with E-state index in [1.807, 2.05) is 13.8 Å². The molecule has 0 aliphatic carbocycles. The van der Waals surface area contributed by atoms with Crippen LogP contribution in [0, 0.1) is 0 Å². The maximum atomic E-state index is 10.7. The number of rotatable bonds is 7. The van der Waals surface area contributed by atoms with E-state index in [4.69, 9.17) is 24.8 Å². The van der Waals surface area contributed by atoms with E-state index < -0.39 is 5.97 Å². The first-order chi connectivity index (χ1) is 10.4. The molecule has 0 aliphatic rings. The molecule has 0 fully saturated rings. The number of para-hydroxylation sites is 1. The van der Waals surface area contributed by atoms with Gasteiger partial charge < -0.3 is 24.8 Å². The summed E-state index contributed by atoms with van der Waals surface area (Å²) in [5.41, 5.74) is 0.0989. The van der Waals surface area contributed by atoms with Crippen molar-refractivity contribution in [2.75, 3.05) is 14.2 Å². The normalized spacial score (nSPS) is 12.6. The fourth-order valence-corrected chi connectivity index (χ4v) is 1.70. The first-order valence-electron chi connectivity index (χ1n) is 7.21.